The maximum absolute atomic E-state index is 12.0. The highest BCUT2D eigenvalue weighted by Crippen LogP contribution is 2.16. The molecule has 1 amide bonds. The summed E-state index contributed by atoms with van der Waals surface area (Å²) in [4.78, 5) is 14.0. The van der Waals surface area contributed by atoms with Crippen LogP contribution in [0.2, 0.25) is 0 Å². The van der Waals surface area contributed by atoms with Crippen LogP contribution in [0, 0.1) is 11.8 Å². The van der Waals surface area contributed by atoms with Gasteiger partial charge in [0.2, 0.25) is 5.91 Å². The third-order valence-corrected chi connectivity index (χ3v) is 3.14. The zero-order valence-corrected chi connectivity index (χ0v) is 10.5. The van der Waals surface area contributed by atoms with E-state index in [1.54, 1.807) is 0 Å². The summed E-state index contributed by atoms with van der Waals surface area (Å²) in [6.07, 6.45) is 1.03. The van der Waals surface area contributed by atoms with Crippen molar-refractivity contribution < 1.29 is 4.79 Å². The van der Waals surface area contributed by atoms with E-state index in [1.165, 1.54) is 0 Å². The monoisotopic (exact) mass is 199 g/mol. The number of hydrogen-bond donors (Lipinski definition) is 0. The predicted molar refractivity (Wildman–Crippen MR) is 61.1 cm³/mol. The lowest BCUT2D eigenvalue weighted by Crippen LogP contribution is -2.42. The molecular weight excluding hydrogens is 174 g/mol. The molecule has 2 heteroatoms. The Bertz CT molecular complexity index is 177. The standard InChI is InChI=1S/C12H25NO/c1-7-10(5)13(8-2)12(14)11(6)9(3)4/h9-11H,7-8H2,1-6H3. The summed E-state index contributed by atoms with van der Waals surface area (Å²) in [6.45, 7) is 13.4. The second-order valence-corrected chi connectivity index (χ2v) is 4.41. The van der Waals surface area contributed by atoms with Crippen molar-refractivity contribution in [3.63, 3.8) is 0 Å². The third-order valence-electron chi connectivity index (χ3n) is 3.14. The SMILES string of the molecule is CCC(C)N(CC)C(=O)C(C)C(C)C. The van der Waals surface area contributed by atoms with E-state index in [1.807, 2.05) is 11.8 Å². The number of carbonyl (C=O) groups is 1. The molecule has 0 aliphatic heterocycles. The van der Waals surface area contributed by atoms with Crippen LogP contribution in [-0.4, -0.2) is 23.4 Å². The van der Waals surface area contributed by atoms with Crippen molar-refractivity contribution in [2.24, 2.45) is 11.8 Å². The molecule has 0 heterocycles. The summed E-state index contributed by atoms with van der Waals surface area (Å²) >= 11 is 0. The molecule has 2 nitrogen and oxygen atoms in total. The first-order chi connectivity index (χ1) is 6.45. The van der Waals surface area contributed by atoms with Crippen LogP contribution in [-0.2, 0) is 4.79 Å². The minimum atomic E-state index is 0.143. The molecule has 0 aromatic rings. The van der Waals surface area contributed by atoms with E-state index in [2.05, 4.69) is 34.6 Å². The van der Waals surface area contributed by atoms with Gasteiger partial charge in [-0.05, 0) is 26.2 Å². The zero-order valence-electron chi connectivity index (χ0n) is 10.5. The van der Waals surface area contributed by atoms with Crippen molar-refractivity contribution in [3.8, 4) is 0 Å². The van der Waals surface area contributed by atoms with Gasteiger partial charge in [-0.15, -0.1) is 0 Å². The highest BCUT2D eigenvalue weighted by molar-refractivity contribution is 5.79. The summed E-state index contributed by atoms with van der Waals surface area (Å²) in [5.41, 5.74) is 0. The average Bonchev–Trinajstić information content (AvgIpc) is 2.16. The zero-order chi connectivity index (χ0) is 11.3. The number of rotatable bonds is 5. The fourth-order valence-corrected chi connectivity index (χ4v) is 1.45. The van der Waals surface area contributed by atoms with Crippen LogP contribution in [0.5, 0.6) is 0 Å². The highest BCUT2D eigenvalue weighted by atomic mass is 16.2. The Kier molecular flexibility index (Phi) is 5.82. The molecule has 14 heavy (non-hydrogen) atoms. The van der Waals surface area contributed by atoms with E-state index in [9.17, 15) is 4.79 Å². The van der Waals surface area contributed by atoms with E-state index in [-0.39, 0.29) is 5.92 Å². The van der Waals surface area contributed by atoms with E-state index < -0.39 is 0 Å². The van der Waals surface area contributed by atoms with Gasteiger partial charge in [0.05, 0.1) is 0 Å². The van der Waals surface area contributed by atoms with Crippen molar-refractivity contribution in [3.05, 3.63) is 0 Å². The van der Waals surface area contributed by atoms with E-state index >= 15 is 0 Å². The molecule has 0 aliphatic rings. The predicted octanol–water partition coefficient (Wildman–Crippen LogP) is 2.93. The van der Waals surface area contributed by atoms with E-state index in [0.29, 0.717) is 17.9 Å². The molecule has 0 radical (unpaired) electrons. The first-order valence-corrected chi connectivity index (χ1v) is 5.76. The molecular formula is C12H25NO. The first-order valence-electron chi connectivity index (χ1n) is 5.76. The number of amides is 1. The number of hydrogen-bond acceptors (Lipinski definition) is 1. The molecule has 2 unspecified atom stereocenters. The van der Waals surface area contributed by atoms with Gasteiger partial charge in [-0.1, -0.05) is 27.7 Å². The van der Waals surface area contributed by atoms with Gasteiger partial charge in [-0.25, -0.2) is 0 Å². The lowest BCUT2D eigenvalue weighted by atomic mass is 9.96. The van der Waals surface area contributed by atoms with Crippen LogP contribution in [0.15, 0.2) is 0 Å². The van der Waals surface area contributed by atoms with Crippen LogP contribution >= 0.6 is 0 Å². The molecule has 0 fully saturated rings. The molecule has 2 atom stereocenters. The summed E-state index contributed by atoms with van der Waals surface area (Å²) in [6, 6.07) is 0.369. The van der Waals surface area contributed by atoms with Crippen LogP contribution in [0.25, 0.3) is 0 Å². The van der Waals surface area contributed by atoms with Gasteiger partial charge < -0.3 is 4.90 Å². The van der Waals surface area contributed by atoms with Crippen LogP contribution < -0.4 is 0 Å². The average molecular weight is 199 g/mol. The van der Waals surface area contributed by atoms with Gasteiger partial charge in [0.15, 0.2) is 0 Å². The van der Waals surface area contributed by atoms with Gasteiger partial charge in [0.1, 0.15) is 0 Å². The van der Waals surface area contributed by atoms with Gasteiger partial charge in [-0.3, -0.25) is 4.79 Å². The van der Waals surface area contributed by atoms with Crippen molar-refractivity contribution in [1.29, 1.82) is 0 Å². The Morgan fingerprint density at radius 1 is 1.14 bits per heavy atom. The maximum Gasteiger partial charge on any atom is 0.225 e. The molecule has 0 saturated carbocycles. The molecule has 0 N–H and O–H groups in total. The Morgan fingerprint density at radius 3 is 1.93 bits per heavy atom. The minimum Gasteiger partial charge on any atom is -0.340 e. The maximum atomic E-state index is 12.0. The second-order valence-electron chi connectivity index (χ2n) is 4.41. The molecule has 84 valence electrons. The lowest BCUT2D eigenvalue weighted by Gasteiger charge is -2.31. The molecule has 0 bridgehead atoms. The number of nitrogens with zero attached hydrogens (tertiary/aromatic N) is 1. The largest absolute Gasteiger partial charge is 0.340 e. The minimum absolute atomic E-state index is 0.143. The van der Waals surface area contributed by atoms with Crippen molar-refractivity contribution in [2.75, 3.05) is 6.54 Å². The second kappa shape index (κ2) is 6.05. The third kappa shape index (κ3) is 3.32. The van der Waals surface area contributed by atoms with Crippen molar-refractivity contribution >= 4 is 5.91 Å². The highest BCUT2D eigenvalue weighted by Gasteiger charge is 2.24. The Morgan fingerprint density at radius 2 is 1.64 bits per heavy atom. The van der Waals surface area contributed by atoms with Crippen LogP contribution in [0.3, 0.4) is 0 Å². The van der Waals surface area contributed by atoms with E-state index in [4.69, 9.17) is 0 Å². The summed E-state index contributed by atoms with van der Waals surface area (Å²) in [5.74, 6) is 0.876. The normalized spacial score (nSPS) is 15.4. The van der Waals surface area contributed by atoms with Crippen molar-refractivity contribution in [1.82, 2.24) is 4.90 Å². The van der Waals surface area contributed by atoms with Gasteiger partial charge >= 0.3 is 0 Å². The molecule has 0 aromatic heterocycles. The van der Waals surface area contributed by atoms with Crippen LogP contribution in [0.1, 0.15) is 48.0 Å². The molecule has 0 rings (SSSR count). The molecule has 0 saturated heterocycles. The Hall–Kier alpha value is -0.530. The van der Waals surface area contributed by atoms with Crippen LogP contribution in [0.4, 0.5) is 0 Å². The van der Waals surface area contributed by atoms with Crippen molar-refractivity contribution in [2.45, 2.75) is 54.0 Å². The smallest absolute Gasteiger partial charge is 0.225 e. The number of carbonyl (C=O) groups excluding carboxylic acids is 1. The van der Waals surface area contributed by atoms with Gasteiger partial charge in [0, 0.05) is 18.5 Å². The summed E-state index contributed by atoms with van der Waals surface area (Å²) < 4.78 is 0. The molecule has 0 spiro atoms. The van der Waals surface area contributed by atoms with Gasteiger partial charge in [0.25, 0.3) is 0 Å². The Labute approximate surface area is 88.7 Å². The lowest BCUT2D eigenvalue weighted by molar-refractivity contribution is -0.138. The molecule has 0 aliphatic carbocycles. The Balaban J connectivity index is 4.45. The topological polar surface area (TPSA) is 20.3 Å². The fourth-order valence-electron chi connectivity index (χ4n) is 1.45. The summed E-state index contributed by atoms with van der Waals surface area (Å²) in [5, 5.41) is 0. The fraction of sp³-hybridized carbons (Fsp3) is 0.917. The van der Waals surface area contributed by atoms with Gasteiger partial charge in [-0.2, -0.15) is 0 Å². The quantitative estimate of drug-likeness (QED) is 0.666. The summed E-state index contributed by atoms with van der Waals surface area (Å²) in [7, 11) is 0. The molecule has 0 aromatic carbocycles. The first kappa shape index (κ1) is 13.5. The van der Waals surface area contributed by atoms with E-state index in [0.717, 1.165) is 13.0 Å².